The van der Waals surface area contributed by atoms with Crippen LogP contribution in [0.3, 0.4) is 0 Å². The van der Waals surface area contributed by atoms with Crippen LogP contribution < -0.4 is 27.0 Å². The van der Waals surface area contributed by atoms with Crippen LogP contribution >= 0.6 is 0 Å². The number of hydrogen-bond donors (Lipinski definition) is 8. The molecule has 0 saturated carbocycles. The third-order valence-electron chi connectivity index (χ3n) is 5.45. The number of carboxylic acids is 1. The van der Waals surface area contributed by atoms with Gasteiger partial charge >= 0.3 is 5.97 Å². The minimum atomic E-state index is -1.49. The first-order valence-electron chi connectivity index (χ1n) is 12.1. The van der Waals surface area contributed by atoms with Crippen molar-refractivity contribution in [1.82, 2.24) is 16.0 Å². The van der Waals surface area contributed by atoms with Crippen molar-refractivity contribution in [3.05, 3.63) is 59.7 Å². The molecule has 0 aliphatic carbocycles. The van der Waals surface area contributed by atoms with Gasteiger partial charge in [0.25, 0.3) is 0 Å². The Kier molecular flexibility index (Phi) is 11.4. The lowest BCUT2D eigenvalue weighted by atomic mass is 10.0. The van der Waals surface area contributed by atoms with E-state index in [0.717, 1.165) is 0 Å². The molecule has 4 amide bonds. The highest BCUT2D eigenvalue weighted by Crippen LogP contribution is 2.12. The molecule has 0 unspecified atom stereocenters. The van der Waals surface area contributed by atoms with Gasteiger partial charge in [-0.15, -0.1) is 0 Å². The highest BCUT2D eigenvalue weighted by molar-refractivity contribution is 5.97. The molecule has 0 heterocycles. The topological polar surface area (TPSA) is 224 Å². The Hall–Kier alpha value is -4.94. The molecule has 0 aliphatic rings. The van der Waals surface area contributed by atoms with E-state index in [0.29, 0.717) is 23.4 Å². The molecule has 0 spiro atoms. The number of benzene rings is 2. The van der Waals surface area contributed by atoms with Gasteiger partial charge in [-0.25, -0.2) is 0 Å². The number of nitrogens with one attached hydrogen (secondary N) is 5. The summed E-state index contributed by atoms with van der Waals surface area (Å²) in [6.07, 6.45) is -1.26. The summed E-state index contributed by atoms with van der Waals surface area (Å²) in [7, 11) is 0. The van der Waals surface area contributed by atoms with E-state index in [4.69, 9.17) is 11.1 Å². The minimum Gasteiger partial charge on any atom is -0.508 e. The van der Waals surface area contributed by atoms with Gasteiger partial charge in [-0.05, 0) is 48.9 Å². The minimum absolute atomic E-state index is 0.0288. The van der Waals surface area contributed by atoms with Gasteiger partial charge in [-0.2, -0.15) is 0 Å². The number of amidine groups is 1. The van der Waals surface area contributed by atoms with Crippen molar-refractivity contribution in [2.45, 2.75) is 44.7 Å². The van der Waals surface area contributed by atoms with E-state index in [9.17, 15) is 34.2 Å². The van der Waals surface area contributed by atoms with Crippen LogP contribution in [0.4, 0.5) is 5.69 Å². The first-order valence-corrected chi connectivity index (χ1v) is 12.1. The van der Waals surface area contributed by atoms with Crippen molar-refractivity contribution >= 4 is 41.1 Å². The zero-order valence-corrected chi connectivity index (χ0v) is 21.3. The smallest absolute Gasteiger partial charge is 0.305 e. The predicted octanol–water partition coefficient (Wildman–Crippen LogP) is 0.218. The van der Waals surface area contributed by atoms with Crippen LogP contribution in [0.1, 0.15) is 37.3 Å². The van der Waals surface area contributed by atoms with Crippen LogP contribution in [-0.4, -0.2) is 64.3 Å². The third kappa shape index (κ3) is 10.5. The molecule has 0 radical (unpaired) electrons. The van der Waals surface area contributed by atoms with Crippen LogP contribution in [0.2, 0.25) is 0 Å². The summed E-state index contributed by atoms with van der Waals surface area (Å²) >= 11 is 0. The summed E-state index contributed by atoms with van der Waals surface area (Å²) < 4.78 is 0. The molecule has 0 aromatic heterocycles. The molecule has 39 heavy (non-hydrogen) atoms. The number of rotatable bonds is 14. The Morgan fingerprint density at radius 3 is 2.05 bits per heavy atom. The van der Waals surface area contributed by atoms with Crippen LogP contribution in [0.25, 0.3) is 0 Å². The lowest BCUT2D eigenvalue weighted by Gasteiger charge is -2.22. The maximum Gasteiger partial charge on any atom is 0.305 e. The highest BCUT2D eigenvalue weighted by atomic mass is 16.4. The normalized spacial score (nSPS) is 11.9. The molecule has 9 N–H and O–H groups in total. The first kappa shape index (κ1) is 30.3. The standard InChI is InChI=1S/C26H32N6O7/c1-2-29-25(38)19(13-15-3-9-18(33)10-4-15)32-26(39)20(14-23(36)37)31-22(35)12-11-21(34)30-17-7-5-16(6-8-17)24(27)28/h3-10,19-20,33H,2,11-14H2,1H3,(H3,27,28)(H,29,38)(H,30,34)(H,31,35)(H,32,39)(H,36,37)/t19-,20-/m0/s1. The second-order valence-electron chi connectivity index (χ2n) is 8.58. The fourth-order valence-corrected chi connectivity index (χ4v) is 3.48. The molecule has 0 bridgehead atoms. The summed E-state index contributed by atoms with van der Waals surface area (Å²) in [5.41, 5.74) is 6.93. The predicted molar refractivity (Wildman–Crippen MR) is 142 cm³/mol. The number of nitrogen functional groups attached to an aromatic ring is 1. The number of nitrogens with two attached hydrogens (primary N) is 1. The van der Waals surface area contributed by atoms with Gasteiger partial charge in [0.05, 0.1) is 6.42 Å². The van der Waals surface area contributed by atoms with Crippen molar-refractivity contribution in [2.24, 2.45) is 5.73 Å². The molecule has 2 aromatic carbocycles. The van der Waals surface area contributed by atoms with E-state index < -0.39 is 48.1 Å². The van der Waals surface area contributed by atoms with Crippen molar-refractivity contribution in [1.29, 1.82) is 5.41 Å². The Labute approximate surface area is 224 Å². The van der Waals surface area contributed by atoms with Crippen LogP contribution in [0.15, 0.2) is 48.5 Å². The van der Waals surface area contributed by atoms with Gasteiger partial charge in [0.2, 0.25) is 23.6 Å². The number of aromatic hydroxyl groups is 1. The van der Waals surface area contributed by atoms with E-state index in [-0.39, 0.29) is 30.8 Å². The molecule has 2 atom stereocenters. The number of anilines is 1. The van der Waals surface area contributed by atoms with Crippen molar-refractivity contribution in [3.8, 4) is 5.75 Å². The summed E-state index contributed by atoms with van der Waals surface area (Å²) in [6.45, 7) is 1.99. The molecular weight excluding hydrogens is 508 g/mol. The van der Waals surface area contributed by atoms with E-state index in [2.05, 4.69) is 21.3 Å². The summed E-state index contributed by atoms with van der Waals surface area (Å²) in [5, 5.41) is 36.1. The number of likely N-dealkylation sites (N-methyl/N-ethyl adjacent to an activating group) is 1. The number of phenols is 1. The zero-order valence-electron chi connectivity index (χ0n) is 21.3. The Bertz CT molecular complexity index is 1200. The lowest BCUT2D eigenvalue weighted by molar-refractivity contribution is -0.141. The molecule has 0 saturated heterocycles. The maximum atomic E-state index is 12.9. The monoisotopic (exact) mass is 540 g/mol. The Morgan fingerprint density at radius 1 is 0.872 bits per heavy atom. The number of aliphatic carboxylic acids is 1. The van der Waals surface area contributed by atoms with Gasteiger partial charge in [0, 0.05) is 37.1 Å². The second-order valence-corrected chi connectivity index (χ2v) is 8.58. The fraction of sp³-hybridized carbons (Fsp3) is 0.308. The molecule has 208 valence electrons. The third-order valence-corrected chi connectivity index (χ3v) is 5.45. The number of hydrogen-bond acceptors (Lipinski definition) is 7. The van der Waals surface area contributed by atoms with Crippen molar-refractivity contribution < 1.29 is 34.2 Å². The van der Waals surface area contributed by atoms with Crippen molar-refractivity contribution in [2.75, 3.05) is 11.9 Å². The van der Waals surface area contributed by atoms with Gasteiger partial charge in [-0.3, -0.25) is 29.4 Å². The zero-order chi connectivity index (χ0) is 28.9. The summed E-state index contributed by atoms with van der Waals surface area (Å²) in [6, 6.07) is 9.64. The van der Waals surface area contributed by atoms with Crippen LogP contribution in [0.5, 0.6) is 5.75 Å². The van der Waals surface area contributed by atoms with Crippen molar-refractivity contribution in [3.63, 3.8) is 0 Å². The maximum absolute atomic E-state index is 12.9. The first-order chi connectivity index (χ1) is 18.5. The van der Waals surface area contributed by atoms with E-state index in [1.807, 2.05) is 0 Å². The molecule has 2 rings (SSSR count). The Morgan fingerprint density at radius 2 is 1.49 bits per heavy atom. The number of phenolic OH excluding ortho intramolecular Hbond substituents is 1. The molecule has 2 aromatic rings. The molecule has 13 nitrogen and oxygen atoms in total. The largest absolute Gasteiger partial charge is 0.508 e. The molecular formula is C26H32N6O7. The van der Waals surface area contributed by atoms with Crippen LogP contribution in [-0.2, 0) is 30.4 Å². The molecule has 0 aliphatic heterocycles. The highest BCUT2D eigenvalue weighted by Gasteiger charge is 2.28. The Balaban J connectivity index is 1.99. The number of carboxylic acid groups (broad SMARTS) is 1. The number of carbonyl (C=O) groups excluding carboxylic acids is 4. The van der Waals surface area contributed by atoms with E-state index in [1.165, 1.54) is 12.1 Å². The van der Waals surface area contributed by atoms with Gasteiger partial charge in [0.1, 0.15) is 23.7 Å². The average molecular weight is 541 g/mol. The van der Waals surface area contributed by atoms with E-state index in [1.54, 1.807) is 43.3 Å². The van der Waals surface area contributed by atoms with Gasteiger partial charge in [-0.1, -0.05) is 12.1 Å². The molecule has 13 heteroatoms. The number of amides is 4. The average Bonchev–Trinajstić information content (AvgIpc) is 2.88. The SMILES string of the molecule is CCNC(=O)[C@H](Cc1ccc(O)cc1)NC(=O)[C@H](CC(=O)O)NC(=O)CCC(=O)Nc1ccc(C(=N)N)cc1. The summed E-state index contributed by atoms with van der Waals surface area (Å²) in [4.78, 5) is 61.5. The summed E-state index contributed by atoms with van der Waals surface area (Å²) in [5.74, 6) is -4.06. The van der Waals surface area contributed by atoms with Crippen LogP contribution in [0, 0.1) is 5.41 Å². The lowest BCUT2D eigenvalue weighted by Crippen LogP contribution is -2.55. The fourth-order valence-electron chi connectivity index (χ4n) is 3.48. The van der Waals surface area contributed by atoms with Gasteiger partial charge < -0.3 is 37.2 Å². The second kappa shape index (κ2) is 14.7. The number of carbonyl (C=O) groups is 5. The quantitative estimate of drug-likeness (QED) is 0.122. The molecule has 0 fully saturated rings. The van der Waals surface area contributed by atoms with Gasteiger partial charge in [0.15, 0.2) is 0 Å². The van der Waals surface area contributed by atoms with E-state index >= 15 is 0 Å².